The number of aromatic nitrogens is 3. The molecule has 1 saturated heterocycles. The topological polar surface area (TPSA) is 56.5 Å². The predicted molar refractivity (Wildman–Crippen MR) is 56.6 cm³/mol. The molecule has 5 heteroatoms. The molecule has 1 atom stereocenters. The van der Waals surface area contributed by atoms with Gasteiger partial charge in [-0.15, -0.1) is 0 Å². The van der Waals surface area contributed by atoms with E-state index < -0.39 is 0 Å². The fourth-order valence-electron chi connectivity index (χ4n) is 1.94. The number of pyridine rings is 1. The first kappa shape index (κ1) is 9.47. The zero-order valence-corrected chi connectivity index (χ0v) is 8.67. The molecule has 0 spiro atoms. The lowest BCUT2D eigenvalue weighted by Crippen LogP contribution is -2.01. The maximum Gasteiger partial charge on any atom is 0.168 e. The van der Waals surface area contributed by atoms with Crippen LogP contribution in [0.15, 0.2) is 18.2 Å². The van der Waals surface area contributed by atoms with E-state index in [0.29, 0.717) is 17.9 Å². The molecule has 2 aromatic rings. The normalized spacial score (nSPS) is 20.4. The van der Waals surface area contributed by atoms with Crippen molar-refractivity contribution in [3.8, 4) is 0 Å². The maximum atomic E-state index is 10.8. The molecule has 0 bridgehead atoms. The van der Waals surface area contributed by atoms with Crippen LogP contribution >= 0.6 is 0 Å². The van der Waals surface area contributed by atoms with Gasteiger partial charge in [0.15, 0.2) is 17.8 Å². The summed E-state index contributed by atoms with van der Waals surface area (Å²) in [5.41, 5.74) is 1.24. The molecule has 3 heterocycles. The molecule has 3 rings (SSSR count). The zero-order valence-electron chi connectivity index (χ0n) is 8.67. The largest absolute Gasteiger partial charge is 0.381 e. The van der Waals surface area contributed by atoms with Crippen molar-refractivity contribution in [2.75, 3.05) is 13.2 Å². The predicted octanol–water partition coefficient (Wildman–Crippen LogP) is 1.05. The number of rotatable bonds is 2. The second-order valence-corrected chi connectivity index (χ2v) is 3.87. The quantitative estimate of drug-likeness (QED) is 0.705. The Morgan fingerprint density at radius 3 is 3.19 bits per heavy atom. The highest BCUT2D eigenvalue weighted by Crippen LogP contribution is 2.22. The molecule has 2 aromatic heterocycles. The Morgan fingerprint density at radius 1 is 1.50 bits per heavy atom. The summed E-state index contributed by atoms with van der Waals surface area (Å²) in [5.74, 6) is 1.03. The molecular weight excluding hydrogens is 206 g/mol. The van der Waals surface area contributed by atoms with E-state index in [4.69, 9.17) is 4.74 Å². The third-order valence-corrected chi connectivity index (χ3v) is 2.82. The first-order valence-electron chi connectivity index (χ1n) is 5.27. The Kier molecular flexibility index (Phi) is 2.18. The minimum absolute atomic E-state index is 0.263. The molecule has 1 aliphatic rings. The van der Waals surface area contributed by atoms with E-state index in [-0.39, 0.29) is 5.92 Å². The molecule has 82 valence electrons. The summed E-state index contributed by atoms with van der Waals surface area (Å²) in [5, 5.41) is 4.36. The Hall–Kier alpha value is -1.75. The number of ether oxygens (including phenoxy) is 1. The third kappa shape index (κ3) is 1.40. The standard InChI is InChI=1S/C11H11N3O2/c15-6-9-2-1-3-10-12-11(13-14(9)10)8-4-5-16-7-8/h1-3,6,8H,4-5,7H2. The number of carbonyl (C=O) groups excluding carboxylic acids is 1. The van der Waals surface area contributed by atoms with Crippen molar-refractivity contribution < 1.29 is 9.53 Å². The molecular formula is C11H11N3O2. The number of hydrogen-bond acceptors (Lipinski definition) is 4. The zero-order chi connectivity index (χ0) is 11.0. The summed E-state index contributed by atoms with van der Waals surface area (Å²) < 4.78 is 6.89. The number of aldehydes is 1. The monoisotopic (exact) mass is 217 g/mol. The summed E-state index contributed by atoms with van der Waals surface area (Å²) in [6.07, 6.45) is 1.74. The van der Waals surface area contributed by atoms with Gasteiger partial charge in [0.1, 0.15) is 5.69 Å². The molecule has 0 amide bonds. The van der Waals surface area contributed by atoms with E-state index in [1.54, 1.807) is 10.6 Å². The highest BCUT2D eigenvalue weighted by atomic mass is 16.5. The van der Waals surface area contributed by atoms with Crippen LogP contribution < -0.4 is 0 Å². The fraction of sp³-hybridized carbons (Fsp3) is 0.364. The molecule has 16 heavy (non-hydrogen) atoms. The Labute approximate surface area is 92.1 Å². The summed E-state index contributed by atoms with van der Waals surface area (Å²) in [4.78, 5) is 15.3. The smallest absolute Gasteiger partial charge is 0.168 e. The number of carbonyl (C=O) groups is 1. The van der Waals surface area contributed by atoms with Crippen LogP contribution in [0.4, 0.5) is 0 Å². The average Bonchev–Trinajstić information content (AvgIpc) is 2.96. The molecule has 1 unspecified atom stereocenters. The van der Waals surface area contributed by atoms with Gasteiger partial charge in [0.2, 0.25) is 0 Å². The molecule has 0 saturated carbocycles. The summed E-state index contributed by atoms with van der Waals surface area (Å²) >= 11 is 0. The SMILES string of the molecule is O=Cc1cccc2nc(C3CCOC3)nn12. The van der Waals surface area contributed by atoms with Crippen LogP contribution in [-0.4, -0.2) is 34.1 Å². The van der Waals surface area contributed by atoms with Crippen LogP contribution in [0.5, 0.6) is 0 Å². The summed E-state index contributed by atoms with van der Waals surface area (Å²) in [7, 11) is 0. The molecule has 1 fully saturated rings. The maximum absolute atomic E-state index is 10.8. The third-order valence-electron chi connectivity index (χ3n) is 2.82. The summed E-state index contributed by atoms with van der Waals surface area (Å²) in [6.45, 7) is 1.44. The first-order valence-corrected chi connectivity index (χ1v) is 5.27. The van der Waals surface area contributed by atoms with E-state index in [1.165, 1.54) is 0 Å². The van der Waals surface area contributed by atoms with E-state index in [1.807, 2.05) is 12.1 Å². The average molecular weight is 217 g/mol. The lowest BCUT2D eigenvalue weighted by atomic mass is 10.1. The van der Waals surface area contributed by atoms with Crippen LogP contribution in [-0.2, 0) is 4.74 Å². The van der Waals surface area contributed by atoms with Crippen molar-refractivity contribution in [2.45, 2.75) is 12.3 Å². The van der Waals surface area contributed by atoms with E-state index in [0.717, 1.165) is 25.1 Å². The molecule has 1 aliphatic heterocycles. The molecule has 0 radical (unpaired) electrons. The Bertz CT molecular complexity index is 529. The van der Waals surface area contributed by atoms with Gasteiger partial charge in [0.25, 0.3) is 0 Å². The minimum Gasteiger partial charge on any atom is -0.381 e. The lowest BCUT2D eigenvalue weighted by molar-refractivity contribution is 0.111. The Morgan fingerprint density at radius 2 is 2.44 bits per heavy atom. The van der Waals surface area contributed by atoms with Gasteiger partial charge >= 0.3 is 0 Å². The number of fused-ring (bicyclic) bond motifs is 1. The van der Waals surface area contributed by atoms with Crippen LogP contribution in [0.2, 0.25) is 0 Å². The van der Waals surface area contributed by atoms with Gasteiger partial charge in [-0.1, -0.05) is 6.07 Å². The van der Waals surface area contributed by atoms with Gasteiger partial charge in [0, 0.05) is 12.5 Å². The fourth-order valence-corrected chi connectivity index (χ4v) is 1.94. The van der Waals surface area contributed by atoms with Crippen molar-refractivity contribution >= 4 is 11.9 Å². The van der Waals surface area contributed by atoms with Gasteiger partial charge in [-0.2, -0.15) is 5.10 Å². The van der Waals surface area contributed by atoms with Crippen molar-refractivity contribution in [3.05, 3.63) is 29.7 Å². The van der Waals surface area contributed by atoms with Crippen LogP contribution in [0.25, 0.3) is 5.65 Å². The van der Waals surface area contributed by atoms with Crippen molar-refractivity contribution in [3.63, 3.8) is 0 Å². The van der Waals surface area contributed by atoms with Crippen molar-refractivity contribution in [1.29, 1.82) is 0 Å². The molecule has 0 aliphatic carbocycles. The molecule has 0 N–H and O–H groups in total. The summed E-state index contributed by atoms with van der Waals surface area (Å²) in [6, 6.07) is 5.38. The van der Waals surface area contributed by atoms with Crippen molar-refractivity contribution in [1.82, 2.24) is 14.6 Å². The van der Waals surface area contributed by atoms with E-state index in [9.17, 15) is 4.79 Å². The van der Waals surface area contributed by atoms with Gasteiger partial charge in [-0.3, -0.25) is 4.79 Å². The lowest BCUT2D eigenvalue weighted by Gasteiger charge is -1.98. The highest BCUT2D eigenvalue weighted by Gasteiger charge is 2.22. The van der Waals surface area contributed by atoms with Gasteiger partial charge < -0.3 is 4.74 Å². The second-order valence-electron chi connectivity index (χ2n) is 3.87. The van der Waals surface area contributed by atoms with Crippen LogP contribution in [0.1, 0.15) is 28.7 Å². The number of hydrogen-bond donors (Lipinski definition) is 0. The molecule has 0 aromatic carbocycles. The van der Waals surface area contributed by atoms with Gasteiger partial charge in [-0.25, -0.2) is 9.50 Å². The first-order chi connectivity index (χ1) is 7.88. The van der Waals surface area contributed by atoms with E-state index >= 15 is 0 Å². The van der Waals surface area contributed by atoms with Gasteiger partial charge in [-0.05, 0) is 18.6 Å². The molecule has 5 nitrogen and oxygen atoms in total. The second kappa shape index (κ2) is 3.68. The van der Waals surface area contributed by atoms with Crippen LogP contribution in [0.3, 0.4) is 0 Å². The van der Waals surface area contributed by atoms with E-state index in [2.05, 4.69) is 10.1 Å². The number of nitrogens with zero attached hydrogens (tertiary/aromatic N) is 3. The highest BCUT2D eigenvalue weighted by molar-refractivity contribution is 5.73. The van der Waals surface area contributed by atoms with Gasteiger partial charge in [0.05, 0.1) is 6.61 Å². The minimum atomic E-state index is 0.263. The van der Waals surface area contributed by atoms with Crippen molar-refractivity contribution in [2.24, 2.45) is 0 Å². The Balaban J connectivity index is 2.11. The van der Waals surface area contributed by atoms with Crippen LogP contribution in [0, 0.1) is 0 Å².